The highest BCUT2D eigenvalue weighted by Crippen LogP contribution is 2.47. The third kappa shape index (κ3) is 3.28. The van der Waals surface area contributed by atoms with Crippen molar-refractivity contribution in [2.24, 2.45) is 11.3 Å². The second-order valence-corrected chi connectivity index (χ2v) is 4.78. The highest BCUT2D eigenvalue weighted by molar-refractivity contribution is 5.00. The normalized spacial score (nSPS) is 20.5. The first-order valence-corrected chi connectivity index (χ1v) is 5.35. The third-order valence-corrected chi connectivity index (χ3v) is 3.03. The van der Waals surface area contributed by atoms with Crippen LogP contribution in [0.3, 0.4) is 0 Å². The minimum Gasteiger partial charge on any atom is -0.392 e. The van der Waals surface area contributed by atoms with Crippen LogP contribution in [-0.4, -0.2) is 24.3 Å². The van der Waals surface area contributed by atoms with Crippen LogP contribution in [0.1, 0.15) is 33.1 Å². The van der Waals surface area contributed by atoms with Gasteiger partial charge in [0, 0.05) is 19.5 Å². The molecule has 14 heavy (non-hydrogen) atoms. The summed E-state index contributed by atoms with van der Waals surface area (Å²) in [5.74, 6) is 0.300. The van der Waals surface area contributed by atoms with Gasteiger partial charge in [0.25, 0.3) is 0 Å². The van der Waals surface area contributed by atoms with Gasteiger partial charge in [-0.15, -0.1) is 0 Å². The summed E-state index contributed by atoms with van der Waals surface area (Å²) in [6, 6.07) is 2.23. The lowest BCUT2D eigenvalue weighted by molar-refractivity contribution is 0.122. The zero-order valence-electron chi connectivity index (χ0n) is 9.08. The minimum absolute atomic E-state index is 0.242. The van der Waals surface area contributed by atoms with Crippen LogP contribution in [0.4, 0.5) is 0 Å². The number of nitriles is 1. The number of aliphatic hydroxyl groups excluding tert-OH is 1. The van der Waals surface area contributed by atoms with Crippen molar-refractivity contribution in [2.45, 2.75) is 39.2 Å². The fourth-order valence-corrected chi connectivity index (χ4v) is 1.48. The van der Waals surface area contributed by atoms with E-state index in [0.29, 0.717) is 18.9 Å². The quantitative estimate of drug-likeness (QED) is 0.673. The molecule has 1 rings (SSSR count). The summed E-state index contributed by atoms with van der Waals surface area (Å²) >= 11 is 0. The number of nitrogens with one attached hydrogen (secondary N) is 1. The van der Waals surface area contributed by atoms with E-state index in [1.165, 1.54) is 0 Å². The Hall–Kier alpha value is -0.590. The van der Waals surface area contributed by atoms with Crippen molar-refractivity contribution in [1.82, 2.24) is 5.32 Å². The summed E-state index contributed by atoms with van der Waals surface area (Å²) in [5.41, 5.74) is 0.242. The molecule has 0 aromatic heterocycles. The molecule has 1 aliphatic rings. The molecule has 0 heterocycles. The smallest absolute Gasteiger partial charge is 0.0687 e. The molecule has 1 saturated carbocycles. The summed E-state index contributed by atoms with van der Waals surface area (Å²) < 4.78 is 0. The Morgan fingerprint density at radius 3 is 2.57 bits per heavy atom. The Kier molecular flexibility index (Phi) is 3.91. The summed E-state index contributed by atoms with van der Waals surface area (Å²) in [5, 5.41) is 21.4. The Balaban J connectivity index is 2.13. The van der Waals surface area contributed by atoms with Gasteiger partial charge >= 0.3 is 0 Å². The molecular weight excluding hydrogens is 176 g/mol. The molecule has 0 spiro atoms. The summed E-state index contributed by atoms with van der Waals surface area (Å²) in [6.07, 6.45) is 2.70. The first kappa shape index (κ1) is 11.5. The Bertz CT molecular complexity index is 216. The summed E-state index contributed by atoms with van der Waals surface area (Å²) in [4.78, 5) is 0. The van der Waals surface area contributed by atoms with E-state index in [2.05, 4.69) is 11.4 Å². The molecule has 3 nitrogen and oxygen atoms in total. The van der Waals surface area contributed by atoms with Crippen molar-refractivity contribution in [2.75, 3.05) is 13.1 Å². The molecule has 1 unspecified atom stereocenters. The van der Waals surface area contributed by atoms with E-state index in [1.54, 1.807) is 0 Å². The minimum atomic E-state index is -0.270. The molecule has 1 aliphatic carbocycles. The average molecular weight is 196 g/mol. The van der Waals surface area contributed by atoms with Crippen LogP contribution in [0.5, 0.6) is 0 Å². The number of hydrogen-bond acceptors (Lipinski definition) is 3. The van der Waals surface area contributed by atoms with Crippen LogP contribution in [0.2, 0.25) is 0 Å². The molecule has 0 amide bonds. The predicted molar refractivity (Wildman–Crippen MR) is 55.6 cm³/mol. The summed E-state index contributed by atoms with van der Waals surface area (Å²) in [7, 11) is 0. The van der Waals surface area contributed by atoms with Crippen LogP contribution in [0.25, 0.3) is 0 Å². The van der Waals surface area contributed by atoms with Crippen LogP contribution in [0, 0.1) is 22.7 Å². The van der Waals surface area contributed by atoms with Gasteiger partial charge in [0.1, 0.15) is 0 Å². The maximum Gasteiger partial charge on any atom is 0.0687 e. The second-order valence-electron chi connectivity index (χ2n) is 4.78. The largest absolute Gasteiger partial charge is 0.392 e. The lowest BCUT2D eigenvalue weighted by Gasteiger charge is -2.17. The monoisotopic (exact) mass is 196 g/mol. The highest BCUT2D eigenvalue weighted by Gasteiger charge is 2.41. The van der Waals surface area contributed by atoms with Crippen LogP contribution in [-0.2, 0) is 0 Å². The first-order valence-electron chi connectivity index (χ1n) is 5.35. The zero-order valence-corrected chi connectivity index (χ0v) is 9.08. The Morgan fingerprint density at radius 2 is 2.14 bits per heavy atom. The lowest BCUT2D eigenvalue weighted by Crippen LogP contribution is -2.34. The van der Waals surface area contributed by atoms with Crippen molar-refractivity contribution in [3.05, 3.63) is 0 Å². The van der Waals surface area contributed by atoms with E-state index in [-0.39, 0.29) is 11.5 Å². The SMILES string of the molecule is CC(C)C(O)CNCC1(CC#N)CC1. The molecular formula is C11H20N2O. The average Bonchev–Trinajstić information content (AvgIpc) is 2.85. The van der Waals surface area contributed by atoms with Gasteiger partial charge in [-0.3, -0.25) is 0 Å². The molecule has 0 aromatic carbocycles. The fourth-order valence-electron chi connectivity index (χ4n) is 1.48. The third-order valence-electron chi connectivity index (χ3n) is 3.03. The zero-order chi connectivity index (χ0) is 10.6. The molecule has 1 atom stereocenters. The molecule has 0 aliphatic heterocycles. The molecule has 0 bridgehead atoms. The van der Waals surface area contributed by atoms with E-state index in [4.69, 9.17) is 5.26 Å². The van der Waals surface area contributed by atoms with Crippen molar-refractivity contribution in [3.63, 3.8) is 0 Å². The van der Waals surface area contributed by atoms with E-state index in [9.17, 15) is 5.11 Å². The Labute approximate surface area is 86.1 Å². The number of rotatable bonds is 6. The van der Waals surface area contributed by atoms with Gasteiger partial charge in [0.2, 0.25) is 0 Å². The van der Waals surface area contributed by atoms with Crippen LogP contribution in [0.15, 0.2) is 0 Å². The Morgan fingerprint density at radius 1 is 1.50 bits per heavy atom. The van der Waals surface area contributed by atoms with Gasteiger partial charge in [0.15, 0.2) is 0 Å². The van der Waals surface area contributed by atoms with Gasteiger partial charge in [-0.1, -0.05) is 13.8 Å². The maximum atomic E-state index is 9.55. The van der Waals surface area contributed by atoms with Crippen LogP contribution < -0.4 is 5.32 Å². The van der Waals surface area contributed by atoms with E-state index in [0.717, 1.165) is 19.4 Å². The van der Waals surface area contributed by atoms with Crippen molar-refractivity contribution >= 4 is 0 Å². The van der Waals surface area contributed by atoms with Crippen LogP contribution >= 0.6 is 0 Å². The van der Waals surface area contributed by atoms with Crippen molar-refractivity contribution < 1.29 is 5.11 Å². The number of aliphatic hydroxyl groups is 1. The van der Waals surface area contributed by atoms with E-state index >= 15 is 0 Å². The van der Waals surface area contributed by atoms with Gasteiger partial charge in [0.05, 0.1) is 12.2 Å². The molecule has 0 radical (unpaired) electrons. The second kappa shape index (κ2) is 4.77. The number of hydrogen-bond donors (Lipinski definition) is 2. The first-order chi connectivity index (χ1) is 6.59. The standard InChI is InChI=1S/C11H20N2O/c1-9(2)10(14)7-13-8-11(3-4-11)5-6-12/h9-10,13-14H,3-5,7-8H2,1-2H3. The van der Waals surface area contributed by atoms with Gasteiger partial charge in [-0.2, -0.15) is 5.26 Å². The molecule has 3 heteroatoms. The molecule has 80 valence electrons. The molecule has 0 aromatic rings. The highest BCUT2D eigenvalue weighted by atomic mass is 16.3. The topological polar surface area (TPSA) is 56.0 Å². The van der Waals surface area contributed by atoms with Crippen molar-refractivity contribution in [3.8, 4) is 6.07 Å². The maximum absolute atomic E-state index is 9.55. The molecule has 0 saturated heterocycles. The van der Waals surface area contributed by atoms with Gasteiger partial charge < -0.3 is 10.4 Å². The van der Waals surface area contributed by atoms with E-state index < -0.39 is 0 Å². The van der Waals surface area contributed by atoms with E-state index in [1.807, 2.05) is 13.8 Å². The molecule has 2 N–H and O–H groups in total. The van der Waals surface area contributed by atoms with Crippen molar-refractivity contribution in [1.29, 1.82) is 5.26 Å². The fraction of sp³-hybridized carbons (Fsp3) is 0.909. The number of nitrogens with zero attached hydrogens (tertiary/aromatic N) is 1. The molecule has 1 fully saturated rings. The van der Waals surface area contributed by atoms with Gasteiger partial charge in [-0.05, 0) is 24.2 Å². The lowest BCUT2D eigenvalue weighted by atomic mass is 10.0. The predicted octanol–water partition coefficient (Wildman–Crippen LogP) is 1.29. The van der Waals surface area contributed by atoms with Gasteiger partial charge in [-0.25, -0.2) is 0 Å². The summed E-state index contributed by atoms with van der Waals surface area (Å²) in [6.45, 7) is 5.54.